The summed E-state index contributed by atoms with van der Waals surface area (Å²) in [5.74, 6) is 0.141. The van der Waals surface area contributed by atoms with Crippen LogP contribution >= 0.6 is 11.3 Å². The Balaban J connectivity index is 2.37. The number of aryl methyl sites for hydroxylation is 2. The first-order chi connectivity index (χ1) is 7.83. The lowest BCUT2D eigenvalue weighted by Crippen LogP contribution is -2.31. The van der Waals surface area contributed by atoms with Gasteiger partial charge in [0.25, 0.3) is 0 Å². The van der Waals surface area contributed by atoms with E-state index in [2.05, 4.69) is 25.2 Å². The molecule has 0 fully saturated rings. The van der Waals surface area contributed by atoms with Crippen LogP contribution in [0.3, 0.4) is 0 Å². The summed E-state index contributed by atoms with van der Waals surface area (Å²) >= 11 is 1.77. The summed E-state index contributed by atoms with van der Waals surface area (Å²) in [6, 6.07) is 2.15. The highest BCUT2D eigenvalue weighted by atomic mass is 32.2. The zero-order chi connectivity index (χ0) is 13.1. The predicted molar refractivity (Wildman–Crippen MR) is 73.0 cm³/mol. The second-order valence-electron chi connectivity index (χ2n) is 4.21. The molecular weight excluding hydrogens is 256 g/mol. The zero-order valence-corrected chi connectivity index (χ0v) is 12.4. The lowest BCUT2D eigenvalue weighted by molar-refractivity contribution is 0.517. The third kappa shape index (κ3) is 4.39. The lowest BCUT2D eigenvalue weighted by atomic mass is 10.2. The highest BCUT2D eigenvalue weighted by molar-refractivity contribution is 7.89. The van der Waals surface area contributed by atoms with Crippen LogP contribution in [0.25, 0.3) is 0 Å². The van der Waals surface area contributed by atoms with E-state index in [0.717, 1.165) is 6.54 Å². The number of thiophene rings is 1. The molecule has 0 aromatic carbocycles. The number of hydrogen-bond donors (Lipinski definition) is 1. The predicted octanol–water partition coefficient (Wildman–Crippen LogP) is 1.35. The molecule has 0 amide bonds. The molecule has 0 saturated heterocycles. The van der Waals surface area contributed by atoms with Crippen molar-refractivity contribution in [1.82, 2.24) is 9.62 Å². The van der Waals surface area contributed by atoms with E-state index >= 15 is 0 Å². The second kappa shape index (κ2) is 5.95. The Morgan fingerprint density at radius 1 is 1.35 bits per heavy atom. The topological polar surface area (TPSA) is 49.4 Å². The van der Waals surface area contributed by atoms with Crippen LogP contribution in [0.2, 0.25) is 0 Å². The van der Waals surface area contributed by atoms with Crippen molar-refractivity contribution >= 4 is 21.4 Å². The fourth-order valence-corrected chi connectivity index (χ4v) is 3.18. The summed E-state index contributed by atoms with van der Waals surface area (Å²) in [6.45, 7) is 5.39. The van der Waals surface area contributed by atoms with Gasteiger partial charge in [-0.3, -0.25) is 0 Å². The Morgan fingerprint density at radius 3 is 2.47 bits per heavy atom. The average Bonchev–Trinajstić information content (AvgIpc) is 2.52. The van der Waals surface area contributed by atoms with Crippen molar-refractivity contribution in [2.45, 2.75) is 20.4 Å². The van der Waals surface area contributed by atoms with Gasteiger partial charge in [-0.25, -0.2) is 12.7 Å². The van der Waals surface area contributed by atoms with E-state index in [1.165, 1.54) is 19.6 Å². The van der Waals surface area contributed by atoms with Crippen molar-refractivity contribution in [3.05, 3.63) is 21.4 Å². The molecule has 0 bridgehead atoms. The molecular formula is C11H20N2O2S2. The summed E-state index contributed by atoms with van der Waals surface area (Å²) < 4.78 is 24.3. The van der Waals surface area contributed by atoms with Crippen molar-refractivity contribution in [1.29, 1.82) is 0 Å². The third-order valence-corrected chi connectivity index (χ3v) is 5.39. The van der Waals surface area contributed by atoms with E-state index in [0.29, 0.717) is 6.54 Å². The Hall–Kier alpha value is -0.430. The second-order valence-corrected chi connectivity index (χ2v) is 7.98. The number of rotatable bonds is 6. The lowest BCUT2D eigenvalue weighted by Gasteiger charge is -2.11. The molecule has 4 nitrogen and oxygen atoms in total. The van der Waals surface area contributed by atoms with Gasteiger partial charge in [-0.15, -0.1) is 11.3 Å². The van der Waals surface area contributed by atoms with Crippen LogP contribution in [0, 0.1) is 13.8 Å². The van der Waals surface area contributed by atoms with Gasteiger partial charge in [0.2, 0.25) is 10.0 Å². The molecule has 1 N–H and O–H groups in total. The van der Waals surface area contributed by atoms with Crippen molar-refractivity contribution in [2.75, 3.05) is 26.4 Å². The molecule has 1 rings (SSSR count). The van der Waals surface area contributed by atoms with E-state index in [1.807, 2.05) is 0 Å². The minimum absolute atomic E-state index is 0.141. The van der Waals surface area contributed by atoms with E-state index in [9.17, 15) is 8.42 Å². The normalized spacial score (nSPS) is 12.3. The molecule has 0 radical (unpaired) electrons. The van der Waals surface area contributed by atoms with Gasteiger partial charge in [-0.05, 0) is 25.5 Å². The minimum Gasteiger partial charge on any atom is -0.312 e. The van der Waals surface area contributed by atoms with Gasteiger partial charge in [0, 0.05) is 36.9 Å². The van der Waals surface area contributed by atoms with Crippen LogP contribution < -0.4 is 5.32 Å². The molecule has 0 aliphatic carbocycles. The third-order valence-electron chi connectivity index (χ3n) is 2.55. The maximum absolute atomic E-state index is 11.5. The Morgan fingerprint density at radius 2 is 2.00 bits per heavy atom. The fraction of sp³-hybridized carbons (Fsp3) is 0.636. The molecule has 0 aliphatic heterocycles. The van der Waals surface area contributed by atoms with E-state index in [1.54, 1.807) is 25.4 Å². The molecule has 0 saturated carbocycles. The first kappa shape index (κ1) is 14.6. The molecule has 1 aromatic heterocycles. The summed E-state index contributed by atoms with van der Waals surface area (Å²) in [6.07, 6.45) is 0. The summed E-state index contributed by atoms with van der Waals surface area (Å²) in [5, 5.41) is 3.17. The molecule has 1 heterocycles. The van der Waals surface area contributed by atoms with Crippen LogP contribution in [0.4, 0.5) is 0 Å². The van der Waals surface area contributed by atoms with Crippen molar-refractivity contribution in [3.63, 3.8) is 0 Å². The Bertz CT molecular complexity index is 464. The van der Waals surface area contributed by atoms with Crippen LogP contribution in [-0.4, -0.2) is 39.1 Å². The first-order valence-electron chi connectivity index (χ1n) is 5.50. The van der Waals surface area contributed by atoms with Crippen LogP contribution in [0.15, 0.2) is 6.07 Å². The van der Waals surface area contributed by atoms with Gasteiger partial charge in [0.1, 0.15) is 0 Å². The maximum atomic E-state index is 11.5. The largest absolute Gasteiger partial charge is 0.312 e. The van der Waals surface area contributed by atoms with Crippen LogP contribution in [0.5, 0.6) is 0 Å². The SMILES string of the molecule is Cc1cc(CNCCS(=O)(=O)N(C)C)c(C)s1. The standard InChI is InChI=1S/C11H20N2O2S2/c1-9-7-11(10(2)16-9)8-12-5-6-17(14,15)13(3)4/h7,12H,5-6,8H2,1-4H3. The van der Waals surface area contributed by atoms with Crippen molar-refractivity contribution in [3.8, 4) is 0 Å². The molecule has 6 heteroatoms. The smallest absolute Gasteiger partial charge is 0.214 e. The molecule has 1 aromatic rings. The number of nitrogens with zero attached hydrogens (tertiary/aromatic N) is 1. The summed E-state index contributed by atoms with van der Waals surface area (Å²) in [4.78, 5) is 2.59. The van der Waals surface area contributed by atoms with Gasteiger partial charge >= 0.3 is 0 Å². The monoisotopic (exact) mass is 276 g/mol. The Labute approximate surface area is 108 Å². The molecule has 0 atom stereocenters. The van der Waals surface area contributed by atoms with Gasteiger partial charge in [-0.2, -0.15) is 0 Å². The van der Waals surface area contributed by atoms with Crippen LogP contribution in [-0.2, 0) is 16.6 Å². The van der Waals surface area contributed by atoms with E-state index < -0.39 is 10.0 Å². The van der Waals surface area contributed by atoms with Crippen LogP contribution in [0.1, 0.15) is 15.3 Å². The van der Waals surface area contributed by atoms with E-state index in [-0.39, 0.29) is 5.75 Å². The quantitative estimate of drug-likeness (QED) is 0.798. The Kier molecular flexibility index (Phi) is 5.12. The molecule has 0 unspecified atom stereocenters. The molecule has 0 aliphatic rings. The summed E-state index contributed by atoms with van der Waals surface area (Å²) in [7, 11) is 0.0304. The summed E-state index contributed by atoms with van der Waals surface area (Å²) in [5.41, 5.74) is 1.26. The first-order valence-corrected chi connectivity index (χ1v) is 7.92. The molecule has 17 heavy (non-hydrogen) atoms. The van der Waals surface area contributed by atoms with Gasteiger partial charge in [0.15, 0.2) is 0 Å². The molecule has 98 valence electrons. The fourth-order valence-electron chi connectivity index (χ4n) is 1.47. The number of sulfonamides is 1. The minimum atomic E-state index is -3.08. The van der Waals surface area contributed by atoms with Crippen molar-refractivity contribution < 1.29 is 8.42 Å². The zero-order valence-electron chi connectivity index (χ0n) is 10.8. The highest BCUT2D eigenvalue weighted by Gasteiger charge is 2.12. The highest BCUT2D eigenvalue weighted by Crippen LogP contribution is 2.20. The van der Waals surface area contributed by atoms with Gasteiger partial charge in [0.05, 0.1) is 5.75 Å². The molecule has 0 spiro atoms. The van der Waals surface area contributed by atoms with E-state index in [4.69, 9.17) is 0 Å². The average molecular weight is 276 g/mol. The number of hydrogen-bond acceptors (Lipinski definition) is 4. The van der Waals surface area contributed by atoms with Crippen molar-refractivity contribution in [2.24, 2.45) is 0 Å². The van der Waals surface area contributed by atoms with Gasteiger partial charge < -0.3 is 5.32 Å². The maximum Gasteiger partial charge on any atom is 0.214 e. The van der Waals surface area contributed by atoms with Gasteiger partial charge in [-0.1, -0.05) is 0 Å². The number of nitrogens with one attached hydrogen (secondary N) is 1.